The Balaban J connectivity index is 1.55. The highest BCUT2D eigenvalue weighted by Gasteiger charge is 2.45. The molecular weight excluding hydrogens is 482 g/mol. The van der Waals surface area contributed by atoms with Gasteiger partial charge in [-0.15, -0.1) is 0 Å². The number of methoxy groups -OCH3 is 2. The highest BCUT2D eigenvalue weighted by atomic mass is 35.5. The first-order chi connectivity index (χ1) is 16.7. The highest BCUT2D eigenvalue weighted by Crippen LogP contribution is 2.35. The van der Waals surface area contributed by atoms with Gasteiger partial charge in [0, 0.05) is 57.4 Å². The number of alkyl halides is 2. The summed E-state index contributed by atoms with van der Waals surface area (Å²) in [6, 6.07) is 5.80. The molecule has 3 heterocycles. The molecule has 1 aromatic heterocycles. The van der Waals surface area contributed by atoms with Crippen LogP contribution in [0.1, 0.15) is 48.2 Å². The molecule has 1 amide bonds. The predicted molar refractivity (Wildman–Crippen MR) is 125 cm³/mol. The van der Waals surface area contributed by atoms with Crippen LogP contribution in [-0.2, 0) is 38.0 Å². The summed E-state index contributed by atoms with van der Waals surface area (Å²) in [5.74, 6) is -2.76. The average molecular weight is 511 g/mol. The fourth-order valence-electron chi connectivity index (χ4n) is 4.57. The lowest BCUT2D eigenvalue weighted by atomic mass is 9.92. The van der Waals surface area contributed by atoms with E-state index in [1.54, 1.807) is 24.1 Å². The van der Waals surface area contributed by atoms with Crippen molar-refractivity contribution in [1.29, 1.82) is 0 Å². The van der Waals surface area contributed by atoms with Crippen LogP contribution >= 0.6 is 11.6 Å². The Hall–Kier alpha value is -2.40. The standard InChI is InChI=1S/C24H29ClF2N4O4/c1-15(16-5-4-6-17(11-16)24(26,27)14-33-2)28-20-18-12-31(13-19(18)29-22(25)30-20)21(32)23(34-3)7-9-35-10-8-23/h4-6,11,15H,7-10,12-14H2,1-3H3,(H,28,29,30)/t15-/m1/s1. The van der Waals surface area contributed by atoms with Gasteiger partial charge in [0.15, 0.2) is 5.60 Å². The predicted octanol–water partition coefficient (Wildman–Crippen LogP) is 4.08. The summed E-state index contributed by atoms with van der Waals surface area (Å²) >= 11 is 6.19. The Morgan fingerprint density at radius 2 is 2.03 bits per heavy atom. The van der Waals surface area contributed by atoms with E-state index < -0.39 is 18.1 Å². The van der Waals surface area contributed by atoms with Crippen LogP contribution in [0.25, 0.3) is 0 Å². The molecule has 0 spiro atoms. The van der Waals surface area contributed by atoms with Gasteiger partial charge >= 0.3 is 0 Å². The maximum atomic E-state index is 14.4. The average Bonchev–Trinajstić information content (AvgIpc) is 3.28. The Morgan fingerprint density at radius 3 is 2.71 bits per heavy atom. The van der Waals surface area contributed by atoms with Gasteiger partial charge in [0.1, 0.15) is 12.4 Å². The molecule has 2 aliphatic heterocycles. The van der Waals surface area contributed by atoms with E-state index in [2.05, 4.69) is 20.0 Å². The first-order valence-electron chi connectivity index (χ1n) is 11.4. The minimum atomic E-state index is -3.10. The van der Waals surface area contributed by atoms with E-state index >= 15 is 0 Å². The monoisotopic (exact) mass is 510 g/mol. The zero-order chi connectivity index (χ0) is 25.2. The second-order valence-corrected chi connectivity index (χ2v) is 9.21. The minimum Gasteiger partial charge on any atom is -0.381 e. The highest BCUT2D eigenvalue weighted by molar-refractivity contribution is 6.28. The lowest BCUT2D eigenvalue weighted by molar-refractivity contribution is -0.167. The van der Waals surface area contributed by atoms with E-state index in [9.17, 15) is 13.6 Å². The molecule has 0 bridgehead atoms. The molecule has 0 saturated carbocycles. The molecule has 11 heteroatoms. The van der Waals surface area contributed by atoms with E-state index in [-0.39, 0.29) is 35.9 Å². The summed E-state index contributed by atoms with van der Waals surface area (Å²) in [5.41, 5.74) is 0.982. The number of nitrogens with zero attached hydrogens (tertiary/aromatic N) is 3. The summed E-state index contributed by atoms with van der Waals surface area (Å²) in [6.45, 7) is 2.63. The molecule has 0 aliphatic carbocycles. The van der Waals surface area contributed by atoms with Gasteiger partial charge in [0.25, 0.3) is 11.8 Å². The third kappa shape index (κ3) is 5.25. The van der Waals surface area contributed by atoms with Crippen molar-refractivity contribution in [1.82, 2.24) is 14.9 Å². The molecule has 8 nitrogen and oxygen atoms in total. The molecule has 2 aromatic rings. The molecule has 35 heavy (non-hydrogen) atoms. The van der Waals surface area contributed by atoms with Gasteiger partial charge in [-0.25, -0.2) is 9.97 Å². The van der Waals surface area contributed by atoms with E-state index in [1.165, 1.54) is 19.2 Å². The van der Waals surface area contributed by atoms with Crippen LogP contribution in [0.5, 0.6) is 0 Å². The Kier molecular flexibility index (Phi) is 7.56. The van der Waals surface area contributed by atoms with Crippen LogP contribution in [-0.4, -0.2) is 60.4 Å². The summed E-state index contributed by atoms with van der Waals surface area (Å²) in [6.07, 6.45) is 0.960. The van der Waals surface area contributed by atoms with Crippen LogP contribution in [0.4, 0.5) is 14.6 Å². The van der Waals surface area contributed by atoms with Crippen molar-refractivity contribution < 1.29 is 27.8 Å². The number of amides is 1. The molecule has 0 unspecified atom stereocenters. The smallest absolute Gasteiger partial charge is 0.296 e. The van der Waals surface area contributed by atoms with Gasteiger partial charge in [-0.1, -0.05) is 18.2 Å². The molecule has 2 aliphatic rings. The SMILES string of the molecule is COCC(F)(F)c1cccc([C@@H](C)Nc2nc(Cl)nc3c2CN(C(=O)C2(OC)CCOCC2)C3)c1. The zero-order valence-corrected chi connectivity index (χ0v) is 20.7. The van der Waals surface area contributed by atoms with Gasteiger partial charge in [-0.3, -0.25) is 4.79 Å². The summed E-state index contributed by atoms with van der Waals surface area (Å²) in [7, 11) is 2.79. The normalized spacial score (nSPS) is 18.3. The number of halogens is 3. The molecule has 0 radical (unpaired) electrons. The summed E-state index contributed by atoms with van der Waals surface area (Å²) < 4.78 is 44.4. The third-order valence-corrected chi connectivity index (χ3v) is 6.78. The van der Waals surface area contributed by atoms with Crippen LogP contribution < -0.4 is 5.32 Å². The molecule has 1 fully saturated rings. The molecule has 1 atom stereocenters. The van der Waals surface area contributed by atoms with E-state index in [0.29, 0.717) is 43.1 Å². The van der Waals surface area contributed by atoms with Crippen LogP contribution in [0.2, 0.25) is 5.28 Å². The second-order valence-electron chi connectivity index (χ2n) is 8.87. The number of rotatable bonds is 8. The number of hydrogen-bond donors (Lipinski definition) is 1. The number of carbonyl (C=O) groups is 1. The van der Waals surface area contributed by atoms with Gasteiger partial charge in [-0.05, 0) is 30.2 Å². The van der Waals surface area contributed by atoms with Gasteiger partial charge in [-0.2, -0.15) is 8.78 Å². The molecular formula is C24H29ClF2N4O4. The molecule has 1 aromatic carbocycles. The first-order valence-corrected chi connectivity index (χ1v) is 11.8. The van der Waals surface area contributed by atoms with Crippen LogP contribution in [0.15, 0.2) is 24.3 Å². The fourth-order valence-corrected chi connectivity index (χ4v) is 4.76. The van der Waals surface area contributed by atoms with E-state index in [1.807, 2.05) is 6.92 Å². The van der Waals surface area contributed by atoms with Crippen molar-refractivity contribution in [2.45, 2.75) is 50.4 Å². The van der Waals surface area contributed by atoms with Crippen LogP contribution in [0.3, 0.4) is 0 Å². The van der Waals surface area contributed by atoms with E-state index in [0.717, 1.165) is 5.56 Å². The molecule has 1 N–H and O–H groups in total. The fraction of sp³-hybridized carbons (Fsp3) is 0.542. The minimum absolute atomic E-state index is 0.0423. The second kappa shape index (κ2) is 10.3. The number of fused-ring (bicyclic) bond motifs is 1. The number of ether oxygens (including phenoxy) is 3. The number of anilines is 1. The first kappa shape index (κ1) is 25.7. The largest absolute Gasteiger partial charge is 0.381 e. The van der Waals surface area contributed by atoms with Crippen LogP contribution in [0, 0.1) is 0 Å². The molecule has 4 rings (SSSR count). The number of benzene rings is 1. The number of aromatic nitrogens is 2. The number of carbonyl (C=O) groups excluding carboxylic acids is 1. The topological polar surface area (TPSA) is 85.8 Å². The maximum absolute atomic E-state index is 14.4. The van der Waals surface area contributed by atoms with Gasteiger partial charge in [0.2, 0.25) is 5.28 Å². The Labute approximate surface area is 207 Å². The molecule has 1 saturated heterocycles. The van der Waals surface area contributed by atoms with Gasteiger partial charge in [0.05, 0.1) is 18.8 Å². The quantitative estimate of drug-likeness (QED) is 0.535. The van der Waals surface area contributed by atoms with Crippen molar-refractivity contribution in [2.24, 2.45) is 0 Å². The zero-order valence-electron chi connectivity index (χ0n) is 19.9. The van der Waals surface area contributed by atoms with Gasteiger partial charge < -0.3 is 24.4 Å². The number of nitrogens with one attached hydrogen (secondary N) is 1. The number of hydrogen-bond acceptors (Lipinski definition) is 7. The lowest BCUT2D eigenvalue weighted by Crippen LogP contribution is -2.51. The third-order valence-electron chi connectivity index (χ3n) is 6.61. The van der Waals surface area contributed by atoms with E-state index in [4.69, 9.17) is 21.1 Å². The van der Waals surface area contributed by atoms with Crippen molar-refractivity contribution >= 4 is 23.3 Å². The lowest BCUT2D eigenvalue weighted by Gasteiger charge is -2.37. The van der Waals surface area contributed by atoms with Crippen molar-refractivity contribution in [3.8, 4) is 0 Å². The van der Waals surface area contributed by atoms with Crippen molar-refractivity contribution in [3.05, 3.63) is 51.9 Å². The van der Waals surface area contributed by atoms with Crippen molar-refractivity contribution in [2.75, 3.05) is 39.4 Å². The van der Waals surface area contributed by atoms with Crippen molar-refractivity contribution in [3.63, 3.8) is 0 Å². The Bertz CT molecular complexity index is 1080. The molecule has 190 valence electrons. The Morgan fingerprint density at radius 1 is 1.29 bits per heavy atom. The summed E-state index contributed by atoms with van der Waals surface area (Å²) in [5, 5.41) is 3.31. The summed E-state index contributed by atoms with van der Waals surface area (Å²) in [4.78, 5) is 23.8. The maximum Gasteiger partial charge on any atom is 0.296 e.